The van der Waals surface area contributed by atoms with Crippen molar-refractivity contribution in [2.75, 3.05) is 19.6 Å². The molecule has 5 heteroatoms. The van der Waals surface area contributed by atoms with E-state index in [0.717, 1.165) is 19.5 Å². The molecule has 2 amide bonds. The summed E-state index contributed by atoms with van der Waals surface area (Å²) in [6.45, 7) is 12.6. The van der Waals surface area contributed by atoms with Crippen molar-refractivity contribution in [3.63, 3.8) is 0 Å². The van der Waals surface area contributed by atoms with Gasteiger partial charge in [-0.05, 0) is 53.5 Å². The van der Waals surface area contributed by atoms with E-state index in [0.29, 0.717) is 18.5 Å². The fraction of sp³-hybridized carbons (Fsp3) is 0.867. The maximum absolute atomic E-state index is 12.5. The van der Waals surface area contributed by atoms with E-state index in [1.807, 2.05) is 6.92 Å². The first-order chi connectivity index (χ1) is 9.22. The van der Waals surface area contributed by atoms with Gasteiger partial charge in [0.05, 0.1) is 0 Å². The Bertz CT molecular complexity index is 406. The molecule has 5 nitrogen and oxygen atoms in total. The van der Waals surface area contributed by atoms with Crippen LogP contribution in [0.4, 0.5) is 0 Å². The van der Waals surface area contributed by atoms with Gasteiger partial charge in [0.2, 0.25) is 11.8 Å². The molecular weight excluding hydrogens is 254 g/mol. The van der Waals surface area contributed by atoms with Crippen molar-refractivity contribution in [3.05, 3.63) is 0 Å². The van der Waals surface area contributed by atoms with E-state index in [4.69, 9.17) is 0 Å². The summed E-state index contributed by atoms with van der Waals surface area (Å²) in [7, 11) is 0. The SMILES string of the molecule is CC(C)N1CCC(CN2C(=O)C(C)(C)NC(=O)C2C)C1. The number of carbonyl (C=O) groups excluding carboxylic acids is 2. The zero-order valence-corrected chi connectivity index (χ0v) is 13.3. The lowest BCUT2D eigenvalue weighted by Crippen LogP contribution is -2.67. The first-order valence-corrected chi connectivity index (χ1v) is 7.59. The Kier molecular flexibility index (Phi) is 4.09. The third-order valence-electron chi connectivity index (χ3n) is 4.58. The third-order valence-corrected chi connectivity index (χ3v) is 4.58. The molecule has 2 unspecified atom stereocenters. The van der Waals surface area contributed by atoms with Crippen LogP contribution in [-0.2, 0) is 9.59 Å². The molecule has 0 radical (unpaired) electrons. The molecule has 0 bridgehead atoms. The van der Waals surface area contributed by atoms with Gasteiger partial charge in [-0.15, -0.1) is 0 Å². The number of piperazine rings is 1. The maximum Gasteiger partial charge on any atom is 0.248 e. The lowest BCUT2D eigenvalue weighted by Gasteiger charge is -2.42. The minimum atomic E-state index is -0.778. The van der Waals surface area contributed by atoms with Crippen molar-refractivity contribution in [3.8, 4) is 0 Å². The van der Waals surface area contributed by atoms with Gasteiger partial charge in [0.15, 0.2) is 0 Å². The van der Waals surface area contributed by atoms with Crippen molar-refractivity contribution in [1.82, 2.24) is 15.1 Å². The highest BCUT2D eigenvalue weighted by atomic mass is 16.2. The van der Waals surface area contributed by atoms with E-state index < -0.39 is 5.54 Å². The lowest BCUT2D eigenvalue weighted by molar-refractivity contribution is -0.153. The van der Waals surface area contributed by atoms with E-state index in [2.05, 4.69) is 24.1 Å². The van der Waals surface area contributed by atoms with Gasteiger partial charge in [0.1, 0.15) is 11.6 Å². The number of rotatable bonds is 3. The summed E-state index contributed by atoms with van der Waals surface area (Å²) in [5, 5.41) is 2.80. The first kappa shape index (κ1) is 15.3. The lowest BCUT2D eigenvalue weighted by atomic mass is 9.95. The molecule has 0 aromatic heterocycles. The van der Waals surface area contributed by atoms with Crippen molar-refractivity contribution < 1.29 is 9.59 Å². The van der Waals surface area contributed by atoms with Gasteiger partial charge >= 0.3 is 0 Å². The highest BCUT2D eigenvalue weighted by Crippen LogP contribution is 2.24. The van der Waals surface area contributed by atoms with Crippen molar-refractivity contribution in [2.24, 2.45) is 5.92 Å². The summed E-state index contributed by atoms with van der Waals surface area (Å²) in [5.74, 6) is 0.464. The van der Waals surface area contributed by atoms with Crippen molar-refractivity contribution >= 4 is 11.8 Å². The van der Waals surface area contributed by atoms with E-state index in [-0.39, 0.29) is 17.9 Å². The number of hydrogen-bond donors (Lipinski definition) is 1. The second-order valence-corrected chi connectivity index (χ2v) is 6.99. The first-order valence-electron chi connectivity index (χ1n) is 7.59. The molecule has 0 aromatic rings. The quantitative estimate of drug-likeness (QED) is 0.834. The standard InChI is InChI=1S/C15H27N3O2/c1-10(2)17-7-6-12(8-17)9-18-11(3)13(19)16-15(4,5)14(18)20/h10-12H,6-9H2,1-5H3,(H,16,19). The monoisotopic (exact) mass is 281 g/mol. The van der Waals surface area contributed by atoms with Crippen LogP contribution in [0, 0.1) is 5.92 Å². The van der Waals surface area contributed by atoms with E-state index >= 15 is 0 Å². The van der Waals surface area contributed by atoms with E-state index in [1.54, 1.807) is 18.7 Å². The Hall–Kier alpha value is -1.10. The molecule has 2 saturated heterocycles. The molecule has 2 fully saturated rings. The van der Waals surface area contributed by atoms with E-state index in [1.165, 1.54) is 0 Å². The Balaban J connectivity index is 2.04. The van der Waals surface area contributed by atoms with Crippen LogP contribution in [0.5, 0.6) is 0 Å². The van der Waals surface area contributed by atoms with Crippen LogP contribution in [0.3, 0.4) is 0 Å². The Morgan fingerprint density at radius 1 is 1.35 bits per heavy atom. The van der Waals surface area contributed by atoms with Gasteiger partial charge in [0, 0.05) is 19.1 Å². The molecule has 2 heterocycles. The molecule has 2 aliphatic rings. The van der Waals surface area contributed by atoms with Gasteiger partial charge in [0.25, 0.3) is 0 Å². The number of likely N-dealkylation sites (tertiary alicyclic amines) is 1. The second kappa shape index (κ2) is 5.35. The molecule has 0 aliphatic carbocycles. The minimum absolute atomic E-state index is 0.0348. The maximum atomic E-state index is 12.5. The Morgan fingerprint density at radius 2 is 2.00 bits per heavy atom. The normalized spacial score (nSPS) is 31.0. The molecule has 0 aromatic carbocycles. The van der Waals surface area contributed by atoms with Crippen molar-refractivity contribution in [1.29, 1.82) is 0 Å². The highest BCUT2D eigenvalue weighted by Gasteiger charge is 2.44. The number of nitrogens with one attached hydrogen (secondary N) is 1. The van der Waals surface area contributed by atoms with Gasteiger partial charge in [-0.2, -0.15) is 0 Å². The number of carbonyl (C=O) groups is 2. The Labute approximate surface area is 121 Å². The van der Waals surface area contributed by atoms with Gasteiger partial charge in [-0.1, -0.05) is 0 Å². The molecule has 1 N–H and O–H groups in total. The summed E-state index contributed by atoms with van der Waals surface area (Å²) in [4.78, 5) is 28.7. The molecule has 2 rings (SSSR count). The van der Waals surface area contributed by atoms with Gasteiger partial charge < -0.3 is 15.1 Å². The van der Waals surface area contributed by atoms with Crippen LogP contribution < -0.4 is 5.32 Å². The average molecular weight is 281 g/mol. The summed E-state index contributed by atoms with van der Waals surface area (Å²) < 4.78 is 0. The average Bonchev–Trinajstić information content (AvgIpc) is 2.81. The molecular formula is C15H27N3O2. The van der Waals surface area contributed by atoms with Crippen LogP contribution in [-0.4, -0.2) is 58.9 Å². The molecule has 0 spiro atoms. The minimum Gasteiger partial charge on any atom is -0.340 e. The number of amides is 2. The smallest absolute Gasteiger partial charge is 0.248 e. The largest absolute Gasteiger partial charge is 0.340 e. The predicted molar refractivity (Wildman–Crippen MR) is 78.2 cm³/mol. The second-order valence-electron chi connectivity index (χ2n) is 6.99. The van der Waals surface area contributed by atoms with Crippen LogP contribution in [0.2, 0.25) is 0 Å². The third kappa shape index (κ3) is 2.82. The fourth-order valence-corrected chi connectivity index (χ4v) is 3.14. The van der Waals surface area contributed by atoms with Crippen LogP contribution in [0.1, 0.15) is 41.0 Å². The summed E-state index contributed by atoms with van der Waals surface area (Å²) in [6, 6.07) is 0.192. The zero-order chi connectivity index (χ0) is 15.1. The molecule has 2 aliphatic heterocycles. The summed E-state index contributed by atoms with van der Waals surface area (Å²) in [6.07, 6.45) is 1.11. The highest BCUT2D eigenvalue weighted by molar-refractivity contribution is 5.99. The molecule has 2 atom stereocenters. The van der Waals surface area contributed by atoms with Crippen molar-refractivity contribution in [2.45, 2.75) is 58.7 Å². The van der Waals surface area contributed by atoms with Gasteiger partial charge in [-0.3, -0.25) is 9.59 Å². The summed E-state index contributed by atoms with van der Waals surface area (Å²) >= 11 is 0. The number of hydrogen-bond acceptors (Lipinski definition) is 3. The Morgan fingerprint density at radius 3 is 2.55 bits per heavy atom. The topological polar surface area (TPSA) is 52.6 Å². The predicted octanol–water partition coefficient (Wildman–Crippen LogP) is 0.842. The molecule has 114 valence electrons. The van der Waals surface area contributed by atoms with Crippen LogP contribution in [0.15, 0.2) is 0 Å². The zero-order valence-electron chi connectivity index (χ0n) is 13.3. The van der Waals surface area contributed by atoms with Crippen LogP contribution >= 0.6 is 0 Å². The van der Waals surface area contributed by atoms with Crippen LogP contribution in [0.25, 0.3) is 0 Å². The van der Waals surface area contributed by atoms with E-state index in [9.17, 15) is 9.59 Å². The molecule has 0 saturated carbocycles. The number of nitrogens with zero attached hydrogens (tertiary/aromatic N) is 2. The fourth-order valence-electron chi connectivity index (χ4n) is 3.14. The molecule has 20 heavy (non-hydrogen) atoms. The summed E-state index contributed by atoms with van der Waals surface area (Å²) in [5.41, 5.74) is -0.778. The van der Waals surface area contributed by atoms with Gasteiger partial charge in [-0.25, -0.2) is 0 Å².